The van der Waals surface area contributed by atoms with Gasteiger partial charge in [-0.1, -0.05) is 49.4 Å². The summed E-state index contributed by atoms with van der Waals surface area (Å²) < 4.78 is 5.35. The SMILES string of the molecule is C[C@@H]1C/C=C/C[C@@H](N)C(=O)N[C@H](c2ccccc2)COC1=O. The smallest absolute Gasteiger partial charge is 0.309 e. The molecule has 22 heavy (non-hydrogen) atoms. The quantitative estimate of drug-likeness (QED) is 0.611. The van der Waals surface area contributed by atoms with E-state index in [9.17, 15) is 9.59 Å². The van der Waals surface area contributed by atoms with Crippen molar-refractivity contribution in [3.8, 4) is 0 Å². The fourth-order valence-corrected chi connectivity index (χ4v) is 2.24. The zero-order valence-electron chi connectivity index (χ0n) is 12.7. The molecular formula is C17H22N2O3. The first-order chi connectivity index (χ1) is 10.6. The van der Waals surface area contributed by atoms with E-state index < -0.39 is 6.04 Å². The van der Waals surface area contributed by atoms with Crippen LogP contribution in [0.5, 0.6) is 0 Å². The Morgan fingerprint density at radius 2 is 1.82 bits per heavy atom. The van der Waals surface area contributed by atoms with E-state index in [4.69, 9.17) is 10.5 Å². The van der Waals surface area contributed by atoms with Crippen molar-refractivity contribution in [3.63, 3.8) is 0 Å². The molecule has 1 aliphatic heterocycles. The standard InChI is InChI=1S/C17H22N2O3/c1-12-7-5-6-10-14(18)16(20)19-15(11-22-17(12)21)13-8-3-2-4-9-13/h2-6,8-9,12,14-15H,7,10-11,18H2,1H3,(H,19,20)/b6-5+/t12-,14-,15+/m1/s1. The van der Waals surface area contributed by atoms with E-state index in [1.165, 1.54) is 0 Å². The molecular weight excluding hydrogens is 280 g/mol. The Labute approximate surface area is 130 Å². The Kier molecular flexibility index (Phi) is 5.72. The van der Waals surface area contributed by atoms with Crippen LogP contribution in [0.4, 0.5) is 0 Å². The van der Waals surface area contributed by atoms with Crippen molar-refractivity contribution in [2.45, 2.75) is 31.8 Å². The monoisotopic (exact) mass is 302 g/mol. The van der Waals surface area contributed by atoms with Gasteiger partial charge in [-0.05, 0) is 18.4 Å². The molecule has 5 heteroatoms. The van der Waals surface area contributed by atoms with E-state index in [1.807, 2.05) is 49.4 Å². The molecule has 3 N–H and O–H groups in total. The average Bonchev–Trinajstić information content (AvgIpc) is 2.54. The number of carbonyl (C=O) groups is 2. The predicted molar refractivity (Wildman–Crippen MR) is 83.8 cm³/mol. The fraction of sp³-hybridized carbons (Fsp3) is 0.412. The molecule has 1 aliphatic rings. The predicted octanol–water partition coefficient (Wildman–Crippen LogP) is 1.70. The number of allylic oxidation sites excluding steroid dienone is 1. The second-order valence-corrected chi connectivity index (χ2v) is 5.55. The minimum Gasteiger partial charge on any atom is -0.463 e. The molecule has 5 nitrogen and oxygen atoms in total. The number of hydrogen-bond donors (Lipinski definition) is 2. The molecule has 0 radical (unpaired) electrons. The van der Waals surface area contributed by atoms with Crippen molar-refractivity contribution in [2.75, 3.05) is 6.61 Å². The fourth-order valence-electron chi connectivity index (χ4n) is 2.24. The van der Waals surface area contributed by atoms with Gasteiger partial charge in [0.15, 0.2) is 0 Å². The summed E-state index contributed by atoms with van der Waals surface area (Å²) in [5.41, 5.74) is 6.77. The summed E-state index contributed by atoms with van der Waals surface area (Å²) >= 11 is 0. The van der Waals surface area contributed by atoms with Crippen molar-refractivity contribution in [2.24, 2.45) is 11.7 Å². The third-order valence-electron chi connectivity index (χ3n) is 3.70. The van der Waals surface area contributed by atoms with Gasteiger partial charge < -0.3 is 15.8 Å². The van der Waals surface area contributed by atoms with E-state index in [0.29, 0.717) is 12.8 Å². The molecule has 3 atom stereocenters. The van der Waals surface area contributed by atoms with Crippen molar-refractivity contribution in [1.82, 2.24) is 5.32 Å². The Balaban J connectivity index is 2.19. The summed E-state index contributed by atoms with van der Waals surface area (Å²) in [4.78, 5) is 24.1. The Bertz CT molecular complexity index is 542. The number of nitrogens with one attached hydrogen (secondary N) is 1. The number of cyclic esters (lactones) is 1. The molecule has 0 bridgehead atoms. The number of carbonyl (C=O) groups excluding carboxylic acids is 2. The molecule has 0 spiro atoms. The van der Waals surface area contributed by atoms with Gasteiger partial charge in [0.05, 0.1) is 18.0 Å². The second kappa shape index (κ2) is 7.75. The van der Waals surface area contributed by atoms with Crippen LogP contribution >= 0.6 is 0 Å². The number of ether oxygens (including phenoxy) is 1. The van der Waals surface area contributed by atoms with Gasteiger partial charge in [0.2, 0.25) is 5.91 Å². The molecule has 1 aromatic rings. The van der Waals surface area contributed by atoms with Crippen LogP contribution in [0.2, 0.25) is 0 Å². The first-order valence-electron chi connectivity index (χ1n) is 7.50. The number of amides is 1. The van der Waals surface area contributed by atoms with Crippen LogP contribution < -0.4 is 11.1 Å². The molecule has 1 aromatic carbocycles. The number of benzene rings is 1. The normalized spacial score (nSPS) is 28.7. The maximum atomic E-state index is 12.1. The highest BCUT2D eigenvalue weighted by molar-refractivity contribution is 5.82. The van der Waals surface area contributed by atoms with E-state index in [2.05, 4.69) is 5.32 Å². The van der Waals surface area contributed by atoms with E-state index in [1.54, 1.807) is 0 Å². The highest BCUT2D eigenvalue weighted by Crippen LogP contribution is 2.16. The van der Waals surface area contributed by atoms with Gasteiger partial charge >= 0.3 is 5.97 Å². The van der Waals surface area contributed by atoms with Gasteiger partial charge in [-0.15, -0.1) is 0 Å². The van der Waals surface area contributed by atoms with Crippen LogP contribution in [0.25, 0.3) is 0 Å². The summed E-state index contributed by atoms with van der Waals surface area (Å²) in [5, 5.41) is 2.86. The number of nitrogens with two attached hydrogens (primary N) is 1. The Morgan fingerprint density at radius 1 is 1.14 bits per heavy atom. The van der Waals surface area contributed by atoms with Crippen molar-refractivity contribution in [3.05, 3.63) is 48.0 Å². The van der Waals surface area contributed by atoms with Crippen LogP contribution in [-0.2, 0) is 14.3 Å². The van der Waals surface area contributed by atoms with E-state index >= 15 is 0 Å². The van der Waals surface area contributed by atoms with Crippen LogP contribution in [0.3, 0.4) is 0 Å². The second-order valence-electron chi connectivity index (χ2n) is 5.55. The molecule has 0 saturated heterocycles. The third kappa shape index (κ3) is 4.43. The Morgan fingerprint density at radius 3 is 2.55 bits per heavy atom. The molecule has 118 valence electrons. The lowest BCUT2D eigenvalue weighted by Gasteiger charge is -2.22. The number of rotatable bonds is 1. The maximum Gasteiger partial charge on any atom is 0.309 e. The number of esters is 1. The molecule has 0 fully saturated rings. The van der Waals surface area contributed by atoms with Crippen molar-refractivity contribution >= 4 is 11.9 Å². The van der Waals surface area contributed by atoms with Crippen LogP contribution in [0.15, 0.2) is 42.5 Å². The molecule has 2 rings (SSSR count). The van der Waals surface area contributed by atoms with Crippen molar-refractivity contribution in [1.29, 1.82) is 0 Å². The summed E-state index contributed by atoms with van der Waals surface area (Å²) in [7, 11) is 0. The topological polar surface area (TPSA) is 81.4 Å². The molecule has 0 unspecified atom stereocenters. The summed E-state index contributed by atoms with van der Waals surface area (Å²) in [6.07, 6.45) is 4.75. The summed E-state index contributed by atoms with van der Waals surface area (Å²) in [6.45, 7) is 1.93. The van der Waals surface area contributed by atoms with Gasteiger partial charge in [-0.3, -0.25) is 9.59 Å². The third-order valence-corrected chi connectivity index (χ3v) is 3.70. The highest BCUT2D eigenvalue weighted by atomic mass is 16.5. The van der Waals surface area contributed by atoms with Gasteiger partial charge in [-0.25, -0.2) is 0 Å². The largest absolute Gasteiger partial charge is 0.463 e. The van der Waals surface area contributed by atoms with Gasteiger partial charge in [0, 0.05) is 0 Å². The lowest BCUT2D eigenvalue weighted by molar-refractivity contribution is -0.149. The van der Waals surface area contributed by atoms with Crippen LogP contribution in [-0.4, -0.2) is 24.5 Å². The van der Waals surface area contributed by atoms with Gasteiger partial charge in [0.1, 0.15) is 6.61 Å². The lowest BCUT2D eigenvalue weighted by atomic mass is 10.0. The number of hydrogen-bond acceptors (Lipinski definition) is 4. The van der Waals surface area contributed by atoms with Gasteiger partial charge in [0.25, 0.3) is 0 Å². The summed E-state index contributed by atoms with van der Waals surface area (Å²) in [6, 6.07) is 8.44. The molecule has 0 aromatic heterocycles. The average molecular weight is 302 g/mol. The molecule has 0 aliphatic carbocycles. The minimum atomic E-state index is -0.604. The van der Waals surface area contributed by atoms with Crippen LogP contribution in [0.1, 0.15) is 31.4 Å². The molecule has 0 saturated carbocycles. The Hall–Kier alpha value is -2.14. The molecule has 1 amide bonds. The first-order valence-corrected chi connectivity index (χ1v) is 7.50. The summed E-state index contributed by atoms with van der Waals surface area (Å²) in [5.74, 6) is -0.716. The zero-order chi connectivity index (χ0) is 15.9. The van der Waals surface area contributed by atoms with E-state index in [0.717, 1.165) is 5.56 Å². The lowest BCUT2D eigenvalue weighted by Crippen LogP contribution is -2.43. The minimum absolute atomic E-state index is 0.107. The van der Waals surface area contributed by atoms with Gasteiger partial charge in [-0.2, -0.15) is 0 Å². The van der Waals surface area contributed by atoms with Crippen molar-refractivity contribution < 1.29 is 14.3 Å². The van der Waals surface area contributed by atoms with E-state index in [-0.39, 0.29) is 30.4 Å². The zero-order valence-corrected chi connectivity index (χ0v) is 12.7. The first kappa shape index (κ1) is 16.2. The molecule has 1 heterocycles. The van der Waals surface area contributed by atoms with Crippen LogP contribution in [0, 0.1) is 5.92 Å². The highest BCUT2D eigenvalue weighted by Gasteiger charge is 2.22. The maximum absolute atomic E-state index is 12.1.